The van der Waals surface area contributed by atoms with Crippen molar-refractivity contribution in [3.8, 4) is 5.75 Å². The van der Waals surface area contributed by atoms with Gasteiger partial charge in [-0.1, -0.05) is 43.3 Å². The Kier molecular flexibility index (Phi) is 3.65. The summed E-state index contributed by atoms with van der Waals surface area (Å²) in [5.74, 6) is -0.260. The summed E-state index contributed by atoms with van der Waals surface area (Å²) in [7, 11) is 1.66. The molecule has 114 valence electrons. The van der Waals surface area contributed by atoms with E-state index in [0.29, 0.717) is 12.8 Å². The molecule has 22 heavy (non-hydrogen) atoms. The molecule has 0 spiro atoms. The Morgan fingerprint density at radius 1 is 1.23 bits per heavy atom. The van der Waals surface area contributed by atoms with E-state index in [0.717, 1.165) is 16.9 Å². The Morgan fingerprint density at radius 2 is 1.95 bits per heavy atom. The van der Waals surface area contributed by atoms with Crippen LogP contribution in [-0.2, 0) is 16.6 Å². The normalized spacial score (nSPS) is 23.6. The molecule has 3 heteroatoms. The van der Waals surface area contributed by atoms with E-state index in [9.17, 15) is 9.90 Å². The lowest BCUT2D eigenvalue weighted by Crippen LogP contribution is -2.36. The lowest BCUT2D eigenvalue weighted by Gasteiger charge is -2.39. The Bertz CT molecular complexity index is 693. The molecule has 0 saturated carbocycles. The van der Waals surface area contributed by atoms with Crippen LogP contribution in [-0.4, -0.2) is 18.2 Å². The monoisotopic (exact) mass is 296 g/mol. The van der Waals surface area contributed by atoms with E-state index in [4.69, 9.17) is 4.74 Å². The second-order valence-corrected chi connectivity index (χ2v) is 6.16. The number of hydrogen-bond donors (Lipinski definition) is 1. The highest BCUT2D eigenvalue weighted by Crippen LogP contribution is 2.45. The van der Waals surface area contributed by atoms with Gasteiger partial charge in [-0.3, -0.25) is 4.79 Å². The van der Waals surface area contributed by atoms with Crippen molar-refractivity contribution in [1.82, 2.24) is 0 Å². The van der Waals surface area contributed by atoms with Crippen molar-refractivity contribution in [1.29, 1.82) is 0 Å². The Balaban J connectivity index is 2.18. The smallest absolute Gasteiger partial charge is 0.306 e. The maximum absolute atomic E-state index is 11.6. The number of aliphatic carboxylic acids is 1. The molecule has 0 unspecified atom stereocenters. The summed E-state index contributed by atoms with van der Waals surface area (Å²) in [6.45, 7) is 2.13. The number of rotatable bonds is 3. The van der Waals surface area contributed by atoms with Crippen molar-refractivity contribution >= 4 is 5.97 Å². The maximum Gasteiger partial charge on any atom is 0.306 e. The molecule has 0 aliphatic heterocycles. The summed E-state index contributed by atoms with van der Waals surface area (Å²) >= 11 is 0. The molecule has 0 saturated heterocycles. The third-order valence-electron chi connectivity index (χ3n) is 4.79. The van der Waals surface area contributed by atoms with Gasteiger partial charge in [-0.25, -0.2) is 0 Å². The summed E-state index contributed by atoms with van der Waals surface area (Å²) in [6, 6.07) is 16.1. The molecule has 0 radical (unpaired) electrons. The van der Waals surface area contributed by atoms with Gasteiger partial charge in [0.1, 0.15) is 5.75 Å². The van der Waals surface area contributed by atoms with Gasteiger partial charge in [0.2, 0.25) is 0 Å². The summed E-state index contributed by atoms with van der Waals surface area (Å²) in [6.07, 6.45) is 1.18. The number of hydrogen-bond acceptors (Lipinski definition) is 2. The van der Waals surface area contributed by atoms with Gasteiger partial charge in [0.15, 0.2) is 0 Å². The number of fused-ring (bicyclic) bond motifs is 1. The standard InChI is InChI=1S/C19H20O3/c1-19(15-6-4-3-5-7-15)12-14(18(20)21)10-13-8-9-16(22-2)11-17(13)19/h3-9,11,14H,10,12H2,1-2H3,(H,20,21)/t14-,19-/m0/s1. The van der Waals surface area contributed by atoms with Crippen molar-refractivity contribution < 1.29 is 14.6 Å². The van der Waals surface area contributed by atoms with Crippen LogP contribution in [0.5, 0.6) is 5.75 Å². The van der Waals surface area contributed by atoms with Gasteiger partial charge in [-0.2, -0.15) is 0 Å². The molecule has 3 nitrogen and oxygen atoms in total. The molecule has 0 heterocycles. The first kappa shape index (κ1) is 14.6. The third-order valence-corrected chi connectivity index (χ3v) is 4.79. The van der Waals surface area contributed by atoms with Crippen molar-refractivity contribution in [3.63, 3.8) is 0 Å². The largest absolute Gasteiger partial charge is 0.497 e. The average molecular weight is 296 g/mol. The van der Waals surface area contributed by atoms with Crippen LogP contribution in [0.25, 0.3) is 0 Å². The first-order chi connectivity index (χ1) is 10.5. The molecule has 0 fully saturated rings. The highest BCUT2D eigenvalue weighted by Gasteiger charge is 2.40. The minimum Gasteiger partial charge on any atom is -0.497 e. The lowest BCUT2D eigenvalue weighted by atomic mass is 9.64. The fourth-order valence-corrected chi connectivity index (χ4v) is 3.57. The second kappa shape index (κ2) is 5.48. The zero-order valence-electron chi connectivity index (χ0n) is 12.9. The van der Waals surface area contributed by atoms with E-state index < -0.39 is 5.97 Å². The lowest BCUT2D eigenvalue weighted by molar-refractivity contribution is -0.142. The van der Waals surface area contributed by atoms with Gasteiger partial charge >= 0.3 is 5.97 Å². The predicted molar refractivity (Wildman–Crippen MR) is 85.3 cm³/mol. The summed E-state index contributed by atoms with van der Waals surface area (Å²) < 4.78 is 5.37. The number of carboxylic acid groups (broad SMARTS) is 1. The van der Waals surface area contributed by atoms with Crippen molar-refractivity contribution in [2.75, 3.05) is 7.11 Å². The molecule has 1 N–H and O–H groups in total. The first-order valence-electron chi connectivity index (χ1n) is 7.50. The topological polar surface area (TPSA) is 46.5 Å². The van der Waals surface area contributed by atoms with Gasteiger partial charge in [0.25, 0.3) is 0 Å². The van der Waals surface area contributed by atoms with Crippen LogP contribution < -0.4 is 4.74 Å². The molecule has 2 atom stereocenters. The van der Waals surface area contributed by atoms with E-state index in [-0.39, 0.29) is 11.3 Å². The summed E-state index contributed by atoms with van der Waals surface area (Å²) in [4.78, 5) is 11.6. The van der Waals surface area contributed by atoms with Gasteiger partial charge < -0.3 is 9.84 Å². The SMILES string of the molecule is COc1ccc2c(c1)[C@](C)(c1ccccc1)C[C@@H](C(=O)O)C2. The molecule has 0 aromatic heterocycles. The van der Waals surface area contributed by atoms with Gasteiger partial charge in [0, 0.05) is 5.41 Å². The minimum atomic E-state index is -0.719. The fraction of sp³-hybridized carbons (Fsp3) is 0.316. The fourth-order valence-electron chi connectivity index (χ4n) is 3.57. The second-order valence-electron chi connectivity index (χ2n) is 6.16. The molecular formula is C19H20O3. The number of carbonyl (C=O) groups is 1. The third kappa shape index (κ3) is 2.37. The average Bonchev–Trinajstić information content (AvgIpc) is 2.55. The molecule has 2 aromatic carbocycles. The Hall–Kier alpha value is -2.29. The highest BCUT2D eigenvalue weighted by atomic mass is 16.5. The molecule has 3 rings (SSSR count). The van der Waals surface area contributed by atoms with E-state index in [2.05, 4.69) is 25.1 Å². The van der Waals surface area contributed by atoms with E-state index in [1.165, 1.54) is 5.56 Å². The highest BCUT2D eigenvalue weighted by molar-refractivity contribution is 5.72. The van der Waals surface area contributed by atoms with Gasteiger partial charge in [-0.15, -0.1) is 0 Å². The number of carboxylic acids is 1. The van der Waals surface area contributed by atoms with E-state index in [1.54, 1.807) is 7.11 Å². The predicted octanol–water partition coefficient (Wildman–Crippen LogP) is 3.65. The van der Waals surface area contributed by atoms with Crippen molar-refractivity contribution in [2.24, 2.45) is 5.92 Å². The van der Waals surface area contributed by atoms with Crippen LogP contribution in [0.4, 0.5) is 0 Å². The van der Waals surface area contributed by atoms with Crippen LogP contribution in [0.15, 0.2) is 48.5 Å². The molecule has 0 amide bonds. The van der Waals surface area contributed by atoms with Crippen LogP contribution in [0.3, 0.4) is 0 Å². The zero-order chi connectivity index (χ0) is 15.7. The number of methoxy groups -OCH3 is 1. The quantitative estimate of drug-likeness (QED) is 0.940. The van der Waals surface area contributed by atoms with Crippen LogP contribution in [0, 0.1) is 5.92 Å². The van der Waals surface area contributed by atoms with Crippen LogP contribution >= 0.6 is 0 Å². The molecule has 2 aromatic rings. The Morgan fingerprint density at radius 3 is 2.59 bits per heavy atom. The van der Waals surface area contributed by atoms with E-state index >= 15 is 0 Å². The minimum absolute atomic E-state index is 0.313. The molecular weight excluding hydrogens is 276 g/mol. The van der Waals surface area contributed by atoms with Gasteiger partial charge in [-0.05, 0) is 41.7 Å². The van der Waals surface area contributed by atoms with Crippen LogP contribution in [0.1, 0.15) is 30.0 Å². The first-order valence-corrected chi connectivity index (χ1v) is 7.50. The number of benzene rings is 2. The van der Waals surface area contributed by atoms with Crippen LogP contribution in [0.2, 0.25) is 0 Å². The summed E-state index contributed by atoms with van der Waals surface area (Å²) in [5, 5.41) is 9.52. The molecule has 1 aliphatic rings. The van der Waals surface area contributed by atoms with Crippen molar-refractivity contribution in [2.45, 2.75) is 25.2 Å². The zero-order valence-corrected chi connectivity index (χ0v) is 12.9. The summed E-state index contributed by atoms with van der Waals surface area (Å²) in [5.41, 5.74) is 3.11. The maximum atomic E-state index is 11.6. The van der Waals surface area contributed by atoms with Gasteiger partial charge in [0.05, 0.1) is 13.0 Å². The molecule has 1 aliphatic carbocycles. The van der Waals surface area contributed by atoms with E-state index in [1.807, 2.05) is 30.3 Å². The Labute approximate surface area is 130 Å². The number of ether oxygens (including phenoxy) is 1. The molecule has 0 bridgehead atoms. The van der Waals surface area contributed by atoms with Crippen molar-refractivity contribution in [3.05, 3.63) is 65.2 Å².